The van der Waals surface area contributed by atoms with Crippen molar-refractivity contribution in [3.05, 3.63) is 24.5 Å². The highest BCUT2D eigenvalue weighted by molar-refractivity contribution is 7.99. The molecule has 1 fully saturated rings. The number of nitrogens with zero attached hydrogens (tertiary/aromatic N) is 4. The summed E-state index contributed by atoms with van der Waals surface area (Å²) in [5.41, 5.74) is 0.421. The number of thioether (sulfide) groups is 1. The minimum Gasteiger partial charge on any atom is -0.389 e. The molecule has 0 spiro atoms. The van der Waals surface area contributed by atoms with E-state index in [0.717, 1.165) is 29.4 Å². The third-order valence-electron chi connectivity index (χ3n) is 4.30. The van der Waals surface area contributed by atoms with Crippen LogP contribution >= 0.6 is 11.8 Å². The van der Waals surface area contributed by atoms with E-state index in [4.69, 9.17) is 0 Å². The lowest BCUT2D eigenvalue weighted by Crippen LogP contribution is -2.29. The monoisotopic (exact) mass is 318 g/mol. The number of aromatic nitrogens is 4. The Labute approximate surface area is 135 Å². The van der Waals surface area contributed by atoms with Crippen molar-refractivity contribution in [2.75, 3.05) is 5.75 Å². The van der Waals surface area contributed by atoms with Crippen molar-refractivity contribution in [3.63, 3.8) is 0 Å². The molecular formula is C16H22N4OS. The van der Waals surface area contributed by atoms with E-state index in [1.807, 2.05) is 26.0 Å². The molecule has 0 bridgehead atoms. The van der Waals surface area contributed by atoms with Crippen molar-refractivity contribution in [1.29, 1.82) is 0 Å². The van der Waals surface area contributed by atoms with Gasteiger partial charge in [0.1, 0.15) is 0 Å². The molecule has 3 rings (SSSR count). The lowest BCUT2D eigenvalue weighted by Gasteiger charge is -2.24. The SMILES string of the molecule is CCC(O)(CC)CSc1nnc(-c2ccncc2)n1C1CC1. The van der Waals surface area contributed by atoms with Gasteiger partial charge in [0.25, 0.3) is 0 Å². The minimum absolute atomic E-state index is 0.497. The molecule has 2 heterocycles. The third-order valence-corrected chi connectivity index (χ3v) is 5.52. The van der Waals surface area contributed by atoms with E-state index in [-0.39, 0.29) is 0 Å². The third kappa shape index (κ3) is 3.17. The summed E-state index contributed by atoms with van der Waals surface area (Å²) in [5, 5.41) is 20.1. The van der Waals surface area contributed by atoms with Crippen LogP contribution < -0.4 is 0 Å². The zero-order chi connectivity index (χ0) is 15.6. The van der Waals surface area contributed by atoms with E-state index < -0.39 is 5.60 Å². The Morgan fingerprint density at radius 1 is 1.23 bits per heavy atom. The second-order valence-electron chi connectivity index (χ2n) is 5.86. The van der Waals surface area contributed by atoms with Crippen LogP contribution in [0.5, 0.6) is 0 Å². The van der Waals surface area contributed by atoms with Crippen LogP contribution in [0.1, 0.15) is 45.6 Å². The normalized spacial score (nSPS) is 15.2. The van der Waals surface area contributed by atoms with E-state index in [0.29, 0.717) is 11.8 Å². The fraction of sp³-hybridized carbons (Fsp3) is 0.562. The molecule has 1 aliphatic carbocycles. The maximum Gasteiger partial charge on any atom is 0.191 e. The first kappa shape index (κ1) is 15.5. The Balaban J connectivity index is 1.85. The molecule has 1 aliphatic rings. The van der Waals surface area contributed by atoms with Crippen molar-refractivity contribution in [2.24, 2.45) is 0 Å². The van der Waals surface area contributed by atoms with Gasteiger partial charge in [0.2, 0.25) is 0 Å². The summed E-state index contributed by atoms with van der Waals surface area (Å²) in [6, 6.07) is 4.43. The van der Waals surface area contributed by atoms with Crippen LogP contribution in [0.4, 0.5) is 0 Å². The molecular weight excluding hydrogens is 296 g/mol. The molecule has 0 saturated heterocycles. The fourth-order valence-electron chi connectivity index (χ4n) is 2.39. The van der Waals surface area contributed by atoms with Gasteiger partial charge in [-0.05, 0) is 37.8 Å². The molecule has 0 aromatic carbocycles. The number of hydrogen-bond donors (Lipinski definition) is 1. The summed E-state index contributed by atoms with van der Waals surface area (Å²) in [6.07, 6.45) is 7.42. The predicted octanol–water partition coefficient (Wildman–Crippen LogP) is 3.32. The van der Waals surface area contributed by atoms with Gasteiger partial charge in [-0.3, -0.25) is 9.55 Å². The van der Waals surface area contributed by atoms with Gasteiger partial charge >= 0.3 is 0 Å². The Kier molecular flexibility index (Phi) is 4.49. The van der Waals surface area contributed by atoms with Crippen molar-refractivity contribution in [3.8, 4) is 11.4 Å². The van der Waals surface area contributed by atoms with Crippen molar-refractivity contribution in [1.82, 2.24) is 19.7 Å². The molecule has 0 amide bonds. The lowest BCUT2D eigenvalue weighted by molar-refractivity contribution is 0.0571. The first-order valence-electron chi connectivity index (χ1n) is 7.87. The maximum atomic E-state index is 10.5. The van der Waals surface area contributed by atoms with Crippen LogP contribution in [0.2, 0.25) is 0 Å². The molecule has 0 unspecified atom stereocenters. The summed E-state index contributed by atoms with van der Waals surface area (Å²) >= 11 is 1.61. The maximum absolute atomic E-state index is 10.5. The molecule has 2 aromatic rings. The largest absolute Gasteiger partial charge is 0.389 e. The Hall–Kier alpha value is -1.40. The Morgan fingerprint density at radius 3 is 2.50 bits per heavy atom. The zero-order valence-electron chi connectivity index (χ0n) is 13.1. The number of pyridine rings is 1. The van der Waals surface area contributed by atoms with Crippen LogP contribution in [0, 0.1) is 0 Å². The molecule has 0 radical (unpaired) electrons. The second-order valence-corrected chi connectivity index (χ2v) is 6.81. The average molecular weight is 318 g/mol. The van der Waals surface area contributed by atoms with Gasteiger partial charge in [-0.1, -0.05) is 25.6 Å². The summed E-state index contributed by atoms with van der Waals surface area (Å²) in [6.45, 7) is 4.05. The highest BCUT2D eigenvalue weighted by Crippen LogP contribution is 2.41. The van der Waals surface area contributed by atoms with Gasteiger partial charge in [-0.15, -0.1) is 10.2 Å². The standard InChI is InChI=1S/C16H22N4OS/c1-3-16(21,4-2)11-22-15-19-18-14(20(15)13-5-6-13)12-7-9-17-10-8-12/h7-10,13,21H,3-6,11H2,1-2H3. The lowest BCUT2D eigenvalue weighted by atomic mass is 10.0. The van der Waals surface area contributed by atoms with Crippen LogP contribution in [-0.2, 0) is 0 Å². The smallest absolute Gasteiger partial charge is 0.191 e. The molecule has 2 aromatic heterocycles. The summed E-state index contributed by atoms with van der Waals surface area (Å²) in [5.74, 6) is 1.56. The van der Waals surface area contributed by atoms with Crippen LogP contribution in [-0.4, -0.2) is 36.2 Å². The molecule has 0 atom stereocenters. The topological polar surface area (TPSA) is 63.8 Å². The first-order chi connectivity index (χ1) is 10.7. The number of hydrogen-bond acceptors (Lipinski definition) is 5. The molecule has 0 aliphatic heterocycles. The average Bonchev–Trinajstić information content (AvgIpc) is 3.32. The molecule has 118 valence electrons. The van der Waals surface area contributed by atoms with Gasteiger partial charge in [-0.2, -0.15) is 0 Å². The molecule has 22 heavy (non-hydrogen) atoms. The van der Waals surface area contributed by atoms with E-state index in [1.165, 1.54) is 12.8 Å². The van der Waals surface area contributed by atoms with Crippen molar-refractivity contribution >= 4 is 11.8 Å². The van der Waals surface area contributed by atoms with Gasteiger partial charge in [0.15, 0.2) is 11.0 Å². The molecule has 5 nitrogen and oxygen atoms in total. The quantitative estimate of drug-likeness (QED) is 0.793. The summed E-state index contributed by atoms with van der Waals surface area (Å²) < 4.78 is 2.23. The highest BCUT2D eigenvalue weighted by Gasteiger charge is 2.31. The summed E-state index contributed by atoms with van der Waals surface area (Å²) in [7, 11) is 0. The molecule has 1 N–H and O–H groups in total. The summed E-state index contributed by atoms with van der Waals surface area (Å²) in [4.78, 5) is 4.06. The number of aliphatic hydroxyl groups is 1. The Morgan fingerprint density at radius 2 is 1.91 bits per heavy atom. The highest BCUT2D eigenvalue weighted by atomic mass is 32.2. The predicted molar refractivity (Wildman–Crippen MR) is 87.8 cm³/mol. The van der Waals surface area contributed by atoms with Gasteiger partial charge in [0, 0.05) is 29.8 Å². The second kappa shape index (κ2) is 6.38. The van der Waals surface area contributed by atoms with Crippen molar-refractivity contribution in [2.45, 2.75) is 56.3 Å². The van der Waals surface area contributed by atoms with Gasteiger partial charge < -0.3 is 5.11 Å². The van der Waals surface area contributed by atoms with Gasteiger partial charge in [-0.25, -0.2) is 0 Å². The van der Waals surface area contributed by atoms with E-state index in [9.17, 15) is 5.11 Å². The van der Waals surface area contributed by atoms with E-state index in [2.05, 4.69) is 19.7 Å². The molecule has 1 saturated carbocycles. The first-order valence-corrected chi connectivity index (χ1v) is 8.86. The van der Waals surface area contributed by atoms with Crippen LogP contribution in [0.25, 0.3) is 11.4 Å². The van der Waals surface area contributed by atoms with Crippen LogP contribution in [0.3, 0.4) is 0 Å². The van der Waals surface area contributed by atoms with Gasteiger partial charge in [0.05, 0.1) is 5.60 Å². The molecule has 6 heteroatoms. The van der Waals surface area contributed by atoms with Crippen LogP contribution in [0.15, 0.2) is 29.7 Å². The Bertz CT molecular complexity index is 620. The number of rotatable bonds is 7. The van der Waals surface area contributed by atoms with Crippen molar-refractivity contribution < 1.29 is 5.11 Å². The fourth-order valence-corrected chi connectivity index (χ4v) is 3.67. The van der Waals surface area contributed by atoms with E-state index in [1.54, 1.807) is 24.2 Å². The zero-order valence-corrected chi connectivity index (χ0v) is 13.9. The minimum atomic E-state index is -0.623. The van der Waals surface area contributed by atoms with E-state index >= 15 is 0 Å².